The van der Waals surface area contributed by atoms with Crippen molar-refractivity contribution in [1.82, 2.24) is 14.9 Å². The SMILES string of the molecule is CC(C)[C@@H](NC(=O)c1cn(C)cn1)C(=O)OC(C)(C)C. The second-order valence-corrected chi connectivity index (χ2v) is 6.15. The van der Waals surface area contributed by atoms with Crippen LogP contribution in [0.3, 0.4) is 0 Å². The zero-order valence-corrected chi connectivity index (χ0v) is 12.9. The van der Waals surface area contributed by atoms with Crippen LogP contribution < -0.4 is 5.32 Å². The fraction of sp³-hybridized carbons (Fsp3) is 0.643. The molecule has 6 nitrogen and oxygen atoms in total. The van der Waals surface area contributed by atoms with E-state index in [9.17, 15) is 9.59 Å². The zero-order valence-electron chi connectivity index (χ0n) is 12.9. The quantitative estimate of drug-likeness (QED) is 0.849. The average Bonchev–Trinajstić information content (AvgIpc) is 2.69. The van der Waals surface area contributed by atoms with Crippen LogP contribution in [0.25, 0.3) is 0 Å². The highest BCUT2D eigenvalue weighted by atomic mass is 16.6. The number of hydrogen-bond donors (Lipinski definition) is 1. The maximum absolute atomic E-state index is 12.1. The summed E-state index contributed by atoms with van der Waals surface area (Å²) in [7, 11) is 1.78. The molecule has 0 aliphatic heterocycles. The molecule has 0 unspecified atom stereocenters. The van der Waals surface area contributed by atoms with E-state index >= 15 is 0 Å². The Morgan fingerprint density at radius 2 is 1.95 bits per heavy atom. The molecule has 0 fully saturated rings. The highest BCUT2D eigenvalue weighted by Crippen LogP contribution is 2.12. The van der Waals surface area contributed by atoms with Gasteiger partial charge >= 0.3 is 5.97 Å². The van der Waals surface area contributed by atoms with Gasteiger partial charge in [-0.2, -0.15) is 0 Å². The zero-order chi connectivity index (χ0) is 15.5. The van der Waals surface area contributed by atoms with Gasteiger partial charge in [-0.25, -0.2) is 9.78 Å². The molecule has 1 atom stereocenters. The van der Waals surface area contributed by atoms with Crippen LogP contribution in [-0.2, 0) is 16.6 Å². The van der Waals surface area contributed by atoms with Crippen molar-refractivity contribution >= 4 is 11.9 Å². The molecule has 0 saturated carbocycles. The number of aryl methyl sites for hydroxylation is 1. The summed E-state index contributed by atoms with van der Waals surface area (Å²) in [6, 6.07) is -0.691. The second-order valence-electron chi connectivity index (χ2n) is 6.15. The number of esters is 1. The van der Waals surface area contributed by atoms with Crippen LogP contribution in [0.2, 0.25) is 0 Å². The summed E-state index contributed by atoms with van der Waals surface area (Å²) in [6.45, 7) is 9.09. The molecule has 0 spiro atoms. The molecule has 0 aliphatic carbocycles. The van der Waals surface area contributed by atoms with E-state index in [-0.39, 0.29) is 17.5 Å². The van der Waals surface area contributed by atoms with Gasteiger partial charge < -0.3 is 14.6 Å². The number of nitrogens with one attached hydrogen (secondary N) is 1. The minimum Gasteiger partial charge on any atom is -0.458 e. The third-order valence-electron chi connectivity index (χ3n) is 2.55. The first kappa shape index (κ1) is 16.2. The number of hydrogen-bond acceptors (Lipinski definition) is 4. The van der Waals surface area contributed by atoms with Gasteiger partial charge in [0.15, 0.2) is 0 Å². The maximum atomic E-state index is 12.1. The molecule has 0 aliphatic rings. The summed E-state index contributed by atoms with van der Waals surface area (Å²) in [5.41, 5.74) is -0.304. The summed E-state index contributed by atoms with van der Waals surface area (Å²) in [6.07, 6.45) is 3.13. The molecule has 1 N–H and O–H groups in total. The lowest BCUT2D eigenvalue weighted by Crippen LogP contribution is -2.47. The van der Waals surface area contributed by atoms with E-state index in [2.05, 4.69) is 10.3 Å². The normalized spacial score (nSPS) is 13.2. The van der Waals surface area contributed by atoms with Crippen molar-refractivity contribution in [2.24, 2.45) is 13.0 Å². The topological polar surface area (TPSA) is 73.2 Å². The predicted octanol–water partition coefficient (Wildman–Crippen LogP) is 1.52. The van der Waals surface area contributed by atoms with Crippen molar-refractivity contribution in [2.45, 2.75) is 46.3 Å². The van der Waals surface area contributed by atoms with Gasteiger partial charge in [-0.15, -0.1) is 0 Å². The molecule has 0 saturated heterocycles. The molecule has 112 valence electrons. The molecule has 0 bridgehead atoms. The van der Waals surface area contributed by atoms with Crippen LogP contribution in [0, 0.1) is 5.92 Å². The standard InChI is InChI=1S/C14H23N3O3/c1-9(2)11(13(19)20-14(3,4)5)16-12(18)10-7-17(6)8-15-10/h7-9,11H,1-6H3,(H,16,18)/t11-/m1/s1. The van der Waals surface area contributed by atoms with E-state index in [0.29, 0.717) is 0 Å². The predicted molar refractivity (Wildman–Crippen MR) is 75.1 cm³/mol. The fourth-order valence-corrected chi connectivity index (χ4v) is 1.61. The first-order valence-corrected chi connectivity index (χ1v) is 6.62. The minimum atomic E-state index is -0.691. The molecule has 1 heterocycles. The van der Waals surface area contributed by atoms with E-state index < -0.39 is 17.6 Å². The van der Waals surface area contributed by atoms with Crippen molar-refractivity contribution < 1.29 is 14.3 Å². The first-order valence-electron chi connectivity index (χ1n) is 6.62. The average molecular weight is 281 g/mol. The van der Waals surface area contributed by atoms with E-state index in [4.69, 9.17) is 4.74 Å². The van der Waals surface area contributed by atoms with Crippen molar-refractivity contribution in [3.05, 3.63) is 18.2 Å². The summed E-state index contributed by atoms with van der Waals surface area (Å²) < 4.78 is 7.00. The molecule has 6 heteroatoms. The Kier molecular flexibility index (Phi) is 4.92. The Morgan fingerprint density at radius 3 is 2.35 bits per heavy atom. The lowest BCUT2D eigenvalue weighted by atomic mass is 10.0. The van der Waals surface area contributed by atoms with Crippen molar-refractivity contribution in [3.63, 3.8) is 0 Å². The molecule has 1 amide bonds. The molecule has 0 radical (unpaired) electrons. The molecular weight excluding hydrogens is 258 g/mol. The number of imidazole rings is 1. The Balaban J connectivity index is 2.77. The van der Waals surface area contributed by atoms with E-state index in [1.807, 2.05) is 13.8 Å². The minimum absolute atomic E-state index is 0.0717. The van der Waals surface area contributed by atoms with Crippen LogP contribution >= 0.6 is 0 Å². The lowest BCUT2D eigenvalue weighted by Gasteiger charge is -2.26. The first-order chi connectivity index (χ1) is 9.10. The van der Waals surface area contributed by atoms with Gasteiger partial charge in [-0.05, 0) is 26.7 Å². The molecule has 1 aromatic rings. The third kappa shape index (κ3) is 4.68. The molecule has 1 aromatic heterocycles. The largest absolute Gasteiger partial charge is 0.458 e. The summed E-state index contributed by atoms with van der Waals surface area (Å²) in [5, 5.41) is 2.68. The number of rotatable bonds is 4. The van der Waals surface area contributed by atoms with Gasteiger partial charge in [-0.3, -0.25) is 4.79 Å². The van der Waals surface area contributed by atoms with E-state index in [0.717, 1.165) is 0 Å². The highest BCUT2D eigenvalue weighted by molar-refractivity contribution is 5.95. The smallest absolute Gasteiger partial charge is 0.329 e. The van der Waals surface area contributed by atoms with Crippen molar-refractivity contribution in [1.29, 1.82) is 0 Å². The van der Waals surface area contributed by atoms with Crippen molar-refractivity contribution in [2.75, 3.05) is 0 Å². The number of carbonyl (C=O) groups excluding carboxylic acids is 2. The van der Waals surface area contributed by atoms with Gasteiger partial charge in [0, 0.05) is 13.2 Å². The van der Waals surface area contributed by atoms with Gasteiger partial charge in [0.25, 0.3) is 5.91 Å². The molecule has 1 rings (SSSR count). The number of amides is 1. The fourth-order valence-electron chi connectivity index (χ4n) is 1.61. The van der Waals surface area contributed by atoms with Crippen molar-refractivity contribution in [3.8, 4) is 0 Å². The Hall–Kier alpha value is -1.85. The van der Waals surface area contributed by atoms with Gasteiger partial charge in [0.2, 0.25) is 0 Å². The van der Waals surface area contributed by atoms with Gasteiger partial charge in [-0.1, -0.05) is 13.8 Å². The summed E-state index contributed by atoms with van der Waals surface area (Å²) >= 11 is 0. The van der Waals surface area contributed by atoms with Crippen LogP contribution in [-0.4, -0.2) is 33.1 Å². The lowest BCUT2D eigenvalue weighted by molar-refractivity contribution is -0.158. The third-order valence-corrected chi connectivity index (χ3v) is 2.55. The number of ether oxygens (including phenoxy) is 1. The van der Waals surface area contributed by atoms with Crippen LogP contribution in [0.15, 0.2) is 12.5 Å². The van der Waals surface area contributed by atoms with Crippen LogP contribution in [0.5, 0.6) is 0 Å². The molecule has 20 heavy (non-hydrogen) atoms. The van der Waals surface area contributed by atoms with Gasteiger partial charge in [0.1, 0.15) is 17.3 Å². The number of aromatic nitrogens is 2. The van der Waals surface area contributed by atoms with Crippen LogP contribution in [0.1, 0.15) is 45.1 Å². The number of nitrogens with zero attached hydrogens (tertiary/aromatic N) is 2. The van der Waals surface area contributed by atoms with E-state index in [1.165, 1.54) is 6.33 Å². The van der Waals surface area contributed by atoms with Gasteiger partial charge in [0.05, 0.1) is 6.33 Å². The number of carbonyl (C=O) groups is 2. The Labute approximate surface area is 119 Å². The summed E-state index contributed by atoms with van der Waals surface area (Å²) in [4.78, 5) is 28.1. The molecule has 0 aromatic carbocycles. The summed E-state index contributed by atoms with van der Waals surface area (Å²) in [5.74, 6) is -0.885. The second kappa shape index (κ2) is 6.07. The van der Waals surface area contributed by atoms with Crippen LogP contribution in [0.4, 0.5) is 0 Å². The maximum Gasteiger partial charge on any atom is 0.329 e. The molecular formula is C14H23N3O3. The highest BCUT2D eigenvalue weighted by Gasteiger charge is 2.29. The monoisotopic (exact) mass is 281 g/mol. The Bertz CT molecular complexity index is 486. The Morgan fingerprint density at radius 1 is 1.35 bits per heavy atom. The van der Waals surface area contributed by atoms with E-state index in [1.54, 1.807) is 38.6 Å².